The van der Waals surface area contributed by atoms with E-state index in [1.54, 1.807) is 24.5 Å². The van der Waals surface area contributed by atoms with Gasteiger partial charge in [-0.05, 0) is 48.4 Å². The fraction of sp³-hybridized carbons (Fsp3) is 0.115. The molecule has 1 amide bonds. The molecule has 4 aromatic rings. The van der Waals surface area contributed by atoms with Gasteiger partial charge in [0.15, 0.2) is 11.5 Å². The van der Waals surface area contributed by atoms with Gasteiger partial charge in [-0.2, -0.15) is 0 Å². The third kappa shape index (κ3) is 4.77. The van der Waals surface area contributed by atoms with Gasteiger partial charge >= 0.3 is 0 Å². The molecular weight excluding hydrogens is 416 g/mol. The summed E-state index contributed by atoms with van der Waals surface area (Å²) in [5, 5.41) is 6.09. The van der Waals surface area contributed by atoms with Crippen LogP contribution in [0.4, 0.5) is 11.6 Å². The van der Waals surface area contributed by atoms with Crippen LogP contribution >= 0.6 is 0 Å². The van der Waals surface area contributed by atoms with E-state index < -0.39 is 0 Å². The van der Waals surface area contributed by atoms with E-state index in [4.69, 9.17) is 9.47 Å². The molecule has 2 heterocycles. The topological polar surface area (TPSA) is 85.4 Å². The van der Waals surface area contributed by atoms with Crippen LogP contribution < -0.4 is 20.1 Å². The lowest BCUT2D eigenvalue weighted by atomic mass is 10.1. The predicted molar refractivity (Wildman–Crippen MR) is 126 cm³/mol. The van der Waals surface area contributed by atoms with E-state index in [0.717, 1.165) is 28.1 Å². The van der Waals surface area contributed by atoms with Gasteiger partial charge in [-0.1, -0.05) is 42.0 Å². The molecule has 0 unspecified atom stereocenters. The van der Waals surface area contributed by atoms with E-state index in [1.807, 2.05) is 42.5 Å². The lowest BCUT2D eigenvalue weighted by Crippen LogP contribution is -2.22. The van der Waals surface area contributed by atoms with Crippen LogP contribution in [-0.4, -0.2) is 22.7 Å². The summed E-state index contributed by atoms with van der Waals surface area (Å²) in [5.41, 5.74) is 5.41. The Labute approximate surface area is 191 Å². The summed E-state index contributed by atoms with van der Waals surface area (Å²) in [5.74, 6) is 1.70. The highest BCUT2D eigenvalue weighted by Gasteiger charge is 2.14. The number of aromatic nitrogens is 2. The second kappa shape index (κ2) is 9.00. The Morgan fingerprint density at radius 1 is 0.909 bits per heavy atom. The molecule has 0 bridgehead atoms. The van der Waals surface area contributed by atoms with Crippen molar-refractivity contribution in [2.75, 3.05) is 12.1 Å². The van der Waals surface area contributed by atoms with Gasteiger partial charge < -0.3 is 20.1 Å². The zero-order chi connectivity index (χ0) is 22.6. The SMILES string of the molecule is Cc1ccc(-c2cnc(Nc3cccc(C(=O)NCc4ccc5c(c4)OCO5)c3)nc2)cc1. The number of nitrogens with zero attached hydrogens (tertiary/aromatic N) is 2. The maximum absolute atomic E-state index is 12.7. The first-order valence-electron chi connectivity index (χ1n) is 10.6. The van der Waals surface area contributed by atoms with Crippen molar-refractivity contribution < 1.29 is 14.3 Å². The highest BCUT2D eigenvalue weighted by atomic mass is 16.7. The molecule has 0 aliphatic carbocycles. The van der Waals surface area contributed by atoms with Crippen molar-refractivity contribution in [3.63, 3.8) is 0 Å². The van der Waals surface area contributed by atoms with Crippen molar-refractivity contribution in [3.05, 3.63) is 95.8 Å². The zero-order valence-electron chi connectivity index (χ0n) is 18.0. The fourth-order valence-electron chi connectivity index (χ4n) is 3.49. The summed E-state index contributed by atoms with van der Waals surface area (Å²) in [6.07, 6.45) is 3.56. The number of fused-ring (bicyclic) bond motifs is 1. The first-order chi connectivity index (χ1) is 16.1. The average molecular weight is 438 g/mol. The standard InChI is InChI=1S/C26H22N4O3/c1-17-5-8-19(9-6-17)21-14-28-26(29-15-21)30-22-4-2-3-20(12-22)25(31)27-13-18-7-10-23-24(11-18)33-16-32-23/h2-12,14-15H,13,16H2,1H3,(H,27,31)(H,28,29,30). The first kappa shape index (κ1) is 20.5. The van der Waals surface area contributed by atoms with E-state index in [2.05, 4.69) is 39.7 Å². The maximum Gasteiger partial charge on any atom is 0.251 e. The number of rotatable bonds is 6. The minimum atomic E-state index is -0.174. The van der Waals surface area contributed by atoms with Crippen LogP contribution in [0.5, 0.6) is 11.5 Å². The molecule has 3 aromatic carbocycles. The quantitative estimate of drug-likeness (QED) is 0.447. The molecule has 7 nitrogen and oxygen atoms in total. The Balaban J connectivity index is 1.22. The van der Waals surface area contributed by atoms with Crippen molar-refractivity contribution >= 4 is 17.5 Å². The molecule has 1 aliphatic heterocycles. The van der Waals surface area contributed by atoms with Crippen LogP contribution in [-0.2, 0) is 6.54 Å². The second-order valence-corrected chi connectivity index (χ2v) is 7.74. The van der Waals surface area contributed by atoms with Gasteiger partial charge in [0.1, 0.15) is 0 Å². The number of aryl methyl sites for hydroxylation is 1. The third-order valence-electron chi connectivity index (χ3n) is 5.31. The summed E-state index contributed by atoms with van der Waals surface area (Å²) in [6, 6.07) is 21.1. The highest BCUT2D eigenvalue weighted by Crippen LogP contribution is 2.32. The van der Waals surface area contributed by atoms with Crippen molar-refractivity contribution in [2.45, 2.75) is 13.5 Å². The minimum Gasteiger partial charge on any atom is -0.454 e. The molecule has 0 radical (unpaired) electrons. The predicted octanol–water partition coefficient (Wildman–Crippen LogP) is 4.85. The molecule has 1 aliphatic rings. The number of benzene rings is 3. The van der Waals surface area contributed by atoms with Crippen LogP contribution in [0.2, 0.25) is 0 Å². The van der Waals surface area contributed by atoms with Gasteiger partial charge in [-0.3, -0.25) is 4.79 Å². The molecule has 7 heteroatoms. The largest absolute Gasteiger partial charge is 0.454 e. The molecule has 2 N–H and O–H groups in total. The van der Waals surface area contributed by atoms with E-state index >= 15 is 0 Å². The smallest absolute Gasteiger partial charge is 0.251 e. The lowest BCUT2D eigenvalue weighted by molar-refractivity contribution is 0.0951. The average Bonchev–Trinajstić information content (AvgIpc) is 3.32. The maximum atomic E-state index is 12.7. The lowest BCUT2D eigenvalue weighted by Gasteiger charge is -2.09. The molecule has 0 saturated carbocycles. The molecule has 0 spiro atoms. The number of amides is 1. The number of nitrogens with one attached hydrogen (secondary N) is 2. The molecule has 0 atom stereocenters. The molecule has 0 saturated heterocycles. The molecule has 1 aromatic heterocycles. The highest BCUT2D eigenvalue weighted by molar-refractivity contribution is 5.95. The van der Waals surface area contributed by atoms with E-state index in [0.29, 0.717) is 23.8 Å². The number of anilines is 2. The van der Waals surface area contributed by atoms with Gasteiger partial charge in [-0.25, -0.2) is 9.97 Å². The van der Waals surface area contributed by atoms with E-state index in [9.17, 15) is 4.79 Å². The second-order valence-electron chi connectivity index (χ2n) is 7.74. The summed E-state index contributed by atoms with van der Waals surface area (Å²) < 4.78 is 10.7. The van der Waals surface area contributed by atoms with Crippen molar-refractivity contribution in [3.8, 4) is 22.6 Å². The van der Waals surface area contributed by atoms with Gasteiger partial charge in [0.25, 0.3) is 5.91 Å². The molecule has 164 valence electrons. The Hall–Kier alpha value is -4.39. The summed E-state index contributed by atoms with van der Waals surface area (Å²) in [4.78, 5) is 21.5. The molecule has 5 rings (SSSR count). The number of ether oxygens (including phenoxy) is 2. The van der Waals surface area contributed by atoms with Crippen LogP contribution in [0.1, 0.15) is 21.5 Å². The van der Waals surface area contributed by atoms with Crippen molar-refractivity contribution in [2.24, 2.45) is 0 Å². The number of hydrogen-bond donors (Lipinski definition) is 2. The van der Waals surface area contributed by atoms with Crippen molar-refractivity contribution in [1.82, 2.24) is 15.3 Å². The van der Waals surface area contributed by atoms with Crippen molar-refractivity contribution in [1.29, 1.82) is 0 Å². The van der Waals surface area contributed by atoms with Gasteiger partial charge in [0.2, 0.25) is 12.7 Å². The van der Waals surface area contributed by atoms with Gasteiger partial charge in [0, 0.05) is 35.8 Å². The van der Waals surface area contributed by atoms with Gasteiger partial charge in [-0.15, -0.1) is 0 Å². The van der Waals surface area contributed by atoms with Crippen LogP contribution in [0.3, 0.4) is 0 Å². The van der Waals surface area contributed by atoms with E-state index in [-0.39, 0.29) is 12.7 Å². The van der Waals surface area contributed by atoms with Crippen LogP contribution in [0.15, 0.2) is 79.1 Å². The molecule has 0 fully saturated rings. The Bertz CT molecular complexity index is 1290. The number of hydrogen-bond acceptors (Lipinski definition) is 6. The Morgan fingerprint density at radius 3 is 2.52 bits per heavy atom. The Morgan fingerprint density at radius 2 is 1.70 bits per heavy atom. The summed E-state index contributed by atoms with van der Waals surface area (Å²) in [6.45, 7) is 2.67. The van der Waals surface area contributed by atoms with Crippen LogP contribution in [0.25, 0.3) is 11.1 Å². The first-order valence-corrected chi connectivity index (χ1v) is 10.6. The number of carbonyl (C=O) groups excluding carboxylic acids is 1. The zero-order valence-corrected chi connectivity index (χ0v) is 18.0. The van der Waals surface area contributed by atoms with Crippen LogP contribution in [0, 0.1) is 6.92 Å². The molecular formula is C26H22N4O3. The third-order valence-corrected chi connectivity index (χ3v) is 5.31. The van der Waals surface area contributed by atoms with E-state index in [1.165, 1.54) is 5.56 Å². The normalized spacial score (nSPS) is 11.8. The fourth-order valence-corrected chi connectivity index (χ4v) is 3.49. The minimum absolute atomic E-state index is 0.174. The summed E-state index contributed by atoms with van der Waals surface area (Å²) >= 11 is 0. The Kier molecular flexibility index (Phi) is 5.59. The number of carbonyl (C=O) groups is 1. The van der Waals surface area contributed by atoms with Gasteiger partial charge in [0.05, 0.1) is 0 Å². The monoisotopic (exact) mass is 438 g/mol. The summed E-state index contributed by atoms with van der Waals surface area (Å²) in [7, 11) is 0. The molecule has 33 heavy (non-hydrogen) atoms.